The summed E-state index contributed by atoms with van der Waals surface area (Å²) >= 11 is 0. The molecule has 1 aliphatic heterocycles. The second-order valence-corrected chi connectivity index (χ2v) is 5.15. The minimum Gasteiger partial charge on any atom is -0.397 e. The molecule has 6 heteroatoms. The van der Waals surface area contributed by atoms with Crippen molar-refractivity contribution in [3.63, 3.8) is 0 Å². The van der Waals surface area contributed by atoms with Gasteiger partial charge >= 0.3 is 0 Å². The maximum Gasteiger partial charge on any atom is 0.181 e. The monoisotopic (exact) mass is 297 g/mol. The molecule has 3 rings (SSSR count). The lowest BCUT2D eigenvalue weighted by Gasteiger charge is -2.23. The summed E-state index contributed by atoms with van der Waals surface area (Å²) < 4.78 is 0. The number of pyridine rings is 2. The molecule has 0 bridgehead atoms. The first-order valence-electron chi connectivity index (χ1n) is 7.25. The summed E-state index contributed by atoms with van der Waals surface area (Å²) in [7, 11) is 1.54. The minimum absolute atomic E-state index is 0.636. The van der Waals surface area contributed by atoms with E-state index in [0.717, 1.165) is 40.7 Å². The summed E-state index contributed by atoms with van der Waals surface area (Å²) in [6.07, 6.45) is 1.78. The SMILES string of the molecule is CCN1c2ncccc2/C(=N\OC)Nc2c(C)cc(C)nc21. The summed E-state index contributed by atoms with van der Waals surface area (Å²) in [5.41, 5.74) is 3.90. The maximum absolute atomic E-state index is 5.00. The Balaban J connectivity index is 2.31. The number of rotatable bonds is 2. The van der Waals surface area contributed by atoms with Crippen LogP contribution in [0.25, 0.3) is 0 Å². The van der Waals surface area contributed by atoms with Gasteiger partial charge in [-0.1, -0.05) is 5.16 Å². The predicted octanol–water partition coefficient (Wildman–Crippen LogP) is 2.98. The van der Waals surface area contributed by atoms with Gasteiger partial charge in [0.1, 0.15) is 12.9 Å². The molecular formula is C16H19N5O. The molecule has 0 unspecified atom stereocenters. The van der Waals surface area contributed by atoms with Crippen molar-refractivity contribution in [1.82, 2.24) is 9.97 Å². The fourth-order valence-electron chi connectivity index (χ4n) is 2.71. The van der Waals surface area contributed by atoms with Crippen molar-refractivity contribution in [1.29, 1.82) is 0 Å². The van der Waals surface area contributed by atoms with Crippen LogP contribution in [0.5, 0.6) is 0 Å². The van der Waals surface area contributed by atoms with E-state index in [1.165, 1.54) is 7.11 Å². The molecular weight excluding hydrogens is 278 g/mol. The van der Waals surface area contributed by atoms with Crippen molar-refractivity contribution in [3.8, 4) is 0 Å². The van der Waals surface area contributed by atoms with Gasteiger partial charge in [0.05, 0.1) is 11.3 Å². The molecule has 0 saturated heterocycles. The lowest BCUT2D eigenvalue weighted by Crippen LogP contribution is -2.20. The number of nitrogens with zero attached hydrogens (tertiary/aromatic N) is 4. The number of fused-ring (bicyclic) bond motifs is 2. The average Bonchev–Trinajstić information content (AvgIpc) is 2.63. The van der Waals surface area contributed by atoms with Crippen LogP contribution in [0.3, 0.4) is 0 Å². The summed E-state index contributed by atoms with van der Waals surface area (Å²) in [6, 6.07) is 5.92. The third kappa shape index (κ3) is 2.26. The average molecular weight is 297 g/mol. The summed E-state index contributed by atoms with van der Waals surface area (Å²) in [5, 5.41) is 7.48. The molecule has 0 saturated carbocycles. The van der Waals surface area contributed by atoms with Crippen LogP contribution in [0.15, 0.2) is 29.6 Å². The number of aromatic nitrogens is 2. The first-order chi connectivity index (χ1) is 10.7. The molecule has 1 aliphatic rings. The van der Waals surface area contributed by atoms with Crippen molar-refractivity contribution in [2.45, 2.75) is 20.8 Å². The Hall–Kier alpha value is -2.63. The highest BCUT2D eigenvalue weighted by atomic mass is 16.6. The third-order valence-corrected chi connectivity index (χ3v) is 3.62. The number of anilines is 3. The van der Waals surface area contributed by atoms with Crippen molar-refractivity contribution in [2.75, 3.05) is 23.9 Å². The molecule has 6 nitrogen and oxygen atoms in total. The molecule has 0 atom stereocenters. The van der Waals surface area contributed by atoms with E-state index in [-0.39, 0.29) is 0 Å². The lowest BCUT2D eigenvalue weighted by molar-refractivity contribution is 0.213. The van der Waals surface area contributed by atoms with E-state index in [4.69, 9.17) is 9.82 Å². The molecule has 0 aliphatic carbocycles. The van der Waals surface area contributed by atoms with Gasteiger partial charge in [-0.25, -0.2) is 9.97 Å². The minimum atomic E-state index is 0.636. The quantitative estimate of drug-likeness (QED) is 0.863. The van der Waals surface area contributed by atoms with E-state index in [9.17, 15) is 0 Å². The number of nitrogens with one attached hydrogen (secondary N) is 1. The first-order valence-corrected chi connectivity index (χ1v) is 7.25. The molecule has 3 heterocycles. The molecule has 114 valence electrons. The van der Waals surface area contributed by atoms with Gasteiger partial charge < -0.3 is 15.1 Å². The van der Waals surface area contributed by atoms with Crippen molar-refractivity contribution in [2.24, 2.45) is 5.16 Å². The highest BCUT2D eigenvalue weighted by molar-refractivity contribution is 6.14. The lowest BCUT2D eigenvalue weighted by atomic mass is 10.2. The predicted molar refractivity (Wildman–Crippen MR) is 87.8 cm³/mol. The Bertz CT molecular complexity index is 741. The second-order valence-electron chi connectivity index (χ2n) is 5.15. The molecule has 0 aromatic carbocycles. The number of hydrogen-bond acceptors (Lipinski definition) is 5. The zero-order valence-corrected chi connectivity index (χ0v) is 13.2. The largest absolute Gasteiger partial charge is 0.397 e. The number of aryl methyl sites for hydroxylation is 2. The molecule has 0 radical (unpaired) electrons. The molecule has 22 heavy (non-hydrogen) atoms. The smallest absolute Gasteiger partial charge is 0.181 e. The fraction of sp³-hybridized carbons (Fsp3) is 0.312. The van der Waals surface area contributed by atoms with Crippen LogP contribution in [-0.4, -0.2) is 29.5 Å². The van der Waals surface area contributed by atoms with Gasteiger partial charge in [-0.2, -0.15) is 0 Å². The summed E-state index contributed by atoms with van der Waals surface area (Å²) in [6.45, 7) is 6.90. The molecule has 0 spiro atoms. The van der Waals surface area contributed by atoms with Crippen molar-refractivity contribution < 1.29 is 4.84 Å². The van der Waals surface area contributed by atoms with Gasteiger partial charge in [0, 0.05) is 18.4 Å². The summed E-state index contributed by atoms with van der Waals surface area (Å²) in [5.74, 6) is 2.32. The Kier molecular flexibility index (Phi) is 3.66. The molecule has 0 amide bonds. The van der Waals surface area contributed by atoms with Crippen LogP contribution in [0.2, 0.25) is 0 Å². The Labute approximate surface area is 129 Å². The van der Waals surface area contributed by atoms with E-state index in [1.54, 1.807) is 6.20 Å². The van der Waals surface area contributed by atoms with E-state index in [2.05, 4.69) is 34.2 Å². The summed E-state index contributed by atoms with van der Waals surface area (Å²) in [4.78, 5) is 16.3. The maximum atomic E-state index is 5.00. The van der Waals surface area contributed by atoms with E-state index in [0.29, 0.717) is 5.84 Å². The Morgan fingerprint density at radius 2 is 2.14 bits per heavy atom. The van der Waals surface area contributed by atoms with E-state index < -0.39 is 0 Å². The number of amidine groups is 1. The van der Waals surface area contributed by atoms with Crippen molar-refractivity contribution in [3.05, 3.63) is 41.2 Å². The zero-order valence-electron chi connectivity index (χ0n) is 13.2. The van der Waals surface area contributed by atoms with Gasteiger partial charge in [-0.3, -0.25) is 0 Å². The van der Waals surface area contributed by atoms with Crippen LogP contribution < -0.4 is 10.2 Å². The standard InChI is InChI=1S/C16H19N5O/c1-5-21-15-12(7-6-8-17-15)14(20-22-4)19-13-10(2)9-11(3)18-16(13)21/h6-9H,5H2,1-4H3,(H,19,20). The third-order valence-electron chi connectivity index (χ3n) is 3.62. The zero-order chi connectivity index (χ0) is 15.7. The molecule has 1 N–H and O–H groups in total. The van der Waals surface area contributed by atoms with Gasteiger partial charge in [0.25, 0.3) is 0 Å². The Morgan fingerprint density at radius 3 is 2.86 bits per heavy atom. The highest BCUT2D eigenvalue weighted by Gasteiger charge is 2.27. The van der Waals surface area contributed by atoms with E-state index >= 15 is 0 Å². The number of hydrogen-bond donors (Lipinski definition) is 1. The molecule has 2 aromatic rings. The molecule has 2 aromatic heterocycles. The second kappa shape index (κ2) is 5.63. The van der Waals surface area contributed by atoms with Gasteiger partial charge in [0.15, 0.2) is 11.7 Å². The highest BCUT2D eigenvalue weighted by Crippen LogP contribution is 2.37. The van der Waals surface area contributed by atoms with Gasteiger partial charge in [0.2, 0.25) is 0 Å². The van der Waals surface area contributed by atoms with Gasteiger partial charge in [-0.05, 0) is 44.5 Å². The first kappa shape index (κ1) is 14.3. The van der Waals surface area contributed by atoms with Crippen LogP contribution in [-0.2, 0) is 4.84 Å². The van der Waals surface area contributed by atoms with Crippen molar-refractivity contribution >= 4 is 23.2 Å². The number of oxime groups is 1. The molecule has 0 fully saturated rings. The van der Waals surface area contributed by atoms with E-state index in [1.807, 2.05) is 25.1 Å². The van der Waals surface area contributed by atoms with Gasteiger partial charge in [-0.15, -0.1) is 0 Å². The topological polar surface area (TPSA) is 62.6 Å². The van der Waals surface area contributed by atoms with Crippen LogP contribution >= 0.6 is 0 Å². The Morgan fingerprint density at radius 1 is 1.32 bits per heavy atom. The fourth-order valence-corrected chi connectivity index (χ4v) is 2.71. The van der Waals surface area contributed by atoms with Crippen LogP contribution in [0, 0.1) is 13.8 Å². The van der Waals surface area contributed by atoms with Crippen LogP contribution in [0.4, 0.5) is 17.3 Å². The normalized spacial score (nSPS) is 14.9. The van der Waals surface area contributed by atoms with Crippen LogP contribution in [0.1, 0.15) is 23.7 Å².